The van der Waals surface area contributed by atoms with Crippen LogP contribution in [0.15, 0.2) is 36.7 Å². The predicted octanol–water partition coefficient (Wildman–Crippen LogP) is 3.40. The van der Waals surface area contributed by atoms with E-state index in [1.54, 1.807) is 0 Å². The molecule has 83 valence electrons. The normalized spacial score (nSPS) is 10.9. The fourth-order valence-corrected chi connectivity index (χ4v) is 1.59. The molecule has 2 rings (SSSR count). The third kappa shape index (κ3) is 2.72. The summed E-state index contributed by atoms with van der Waals surface area (Å²) in [6, 6.07) is 11.2. The van der Waals surface area contributed by atoms with E-state index in [1.165, 1.54) is 6.42 Å². The van der Waals surface area contributed by atoms with Gasteiger partial charge in [0.15, 0.2) is 0 Å². The molecular formula is C14H17N2. The Labute approximate surface area is 96.9 Å². The predicted molar refractivity (Wildman–Crippen MR) is 66.0 cm³/mol. The third-order valence-corrected chi connectivity index (χ3v) is 2.59. The van der Waals surface area contributed by atoms with Crippen LogP contribution in [0, 0.1) is 12.0 Å². The van der Waals surface area contributed by atoms with Gasteiger partial charge in [-0.25, -0.2) is 0 Å². The van der Waals surface area contributed by atoms with Gasteiger partial charge in [0, 0.05) is 18.3 Å². The Morgan fingerprint density at radius 2 is 2.25 bits per heavy atom. The molecule has 0 unspecified atom stereocenters. The Bertz CT molecular complexity index is 429. The fraction of sp³-hybridized carbons (Fsp3) is 0.357. The molecule has 0 atom stereocenters. The summed E-state index contributed by atoms with van der Waals surface area (Å²) in [7, 11) is 0. The van der Waals surface area contributed by atoms with Crippen molar-refractivity contribution in [3.05, 3.63) is 42.7 Å². The van der Waals surface area contributed by atoms with Crippen LogP contribution in [0.1, 0.15) is 20.3 Å². The Morgan fingerprint density at radius 1 is 1.38 bits per heavy atom. The third-order valence-electron chi connectivity index (χ3n) is 2.59. The zero-order valence-electron chi connectivity index (χ0n) is 9.85. The standard InChI is InChI=1S/C14H17N2/c1-12(2)8-9-16-11-14(10-15-16)13-6-4-3-5-7-13/h3-6,10-12H,8-9H2,1-2H3. The molecule has 2 heteroatoms. The molecule has 0 amide bonds. The topological polar surface area (TPSA) is 17.8 Å². The molecule has 2 aromatic rings. The second-order valence-corrected chi connectivity index (χ2v) is 4.45. The van der Waals surface area contributed by atoms with Crippen LogP contribution in [-0.2, 0) is 6.54 Å². The second-order valence-electron chi connectivity index (χ2n) is 4.45. The van der Waals surface area contributed by atoms with Gasteiger partial charge in [-0.05, 0) is 24.0 Å². The number of aromatic nitrogens is 2. The molecule has 16 heavy (non-hydrogen) atoms. The summed E-state index contributed by atoms with van der Waals surface area (Å²) >= 11 is 0. The second kappa shape index (κ2) is 4.97. The van der Waals surface area contributed by atoms with E-state index in [0.29, 0.717) is 0 Å². The van der Waals surface area contributed by atoms with Crippen molar-refractivity contribution < 1.29 is 0 Å². The molecule has 0 fully saturated rings. The van der Waals surface area contributed by atoms with Crippen LogP contribution in [0.2, 0.25) is 0 Å². The summed E-state index contributed by atoms with van der Waals surface area (Å²) in [4.78, 5) is 0. The molecule has 0 aliphatic heterocycles. The molecule has 0 aliphatic rings. The van der Waals surface area contributed by atoms with E-state index in [9.17, 15) is 0 Å². The quantitative estimate of drug-likeness (QED) is 0.761. The van der Waals surface area contributed by atoms with Gasteiger partial charge in [-0.15, -0.1) is 0 Å². The van der Waals surface area contributed by atoms with Crippen molar-refractivity contribution in [2.75, 3.05) is 0 Å². The maximum Gasteiger partial charge on any atom is 0.0568 e. The average molecular weight is 213 g/mol. The van der Waals surface area contributed by atoms with Gasteiger partial charge in [0.25, 0.3) is 0 Å². The van der Waals surface area contributed by atoms with Gasteiger partial charge in [0.2, 0.25) is 0 Å². The van der Waals surface area contributed by atoms with E-state index < -0.39 is 0 Å². The smallest absolute Gasteiger partial charge is 0.0568 e. The highest BCUT2D eigenvalue weighted by Crippen LogP contribution is 2.17. The molecule has 2 nitrogen and oxygen atoms in total. The lowest BCUT2D eigenvalue weighted by atomic mass is 10.1. The van der Waals surface area contributed by atoms with Gasteiger partial charge in [-0.3, -0.25) is 4.68 Å². The van der Waals surface area contributed by atoms with Crippen LogP contribution in [0.25, 0.3) is 11.1 Å². The van der Waals surface area contributed by atoms with Crippen LogP contribution >= 0.6 is 0 Å². The molecule has 1 heterocycles. The van der Waals surface area contributed by atoms with Gasteiger partial charge >= 0.3 is 0 Å². The molecule has 0 N–H and O–H groups in total. The first-order valence-corrected chi connectivity index (χ1v) is 5.75. The van der Waals surface area contributed by atoms with Crippen LogP contribution in [0.5, 0.6) is 0 Å². The molecule has 1 radical (unpaired) electrons. The van der Waals surface area contributed by atoms with Crippen molar-refractivity contribution in [2.24, 2.45) is 5.92 Å². The highest BCUT2D eigenvalue weighted by atomic mass is 15.3. The maximum atomic E-state index is 4.36. The van der Waals surface area contributed by atoms with Crippen molar-refractivity contribution >= 4 is 0 Å². The maximum absolute atomic E-state index is 4.36. The summed E-state index contributed by atoms with van der Waals surface area (Å²) in [5.74, 6) is 0.718. The first-order chi connectivity index (χ1) is 7.75. The summed E-state index contributed by atoms with van der Waals surface area (Å²) < 4.78 is 2.01. The van der Waals surface area contributed by atoms with Crippen molar-refractivity contribution in [1.29, 1.82) is 0 Å². The minimum absolute atomic E-state index is 0.718. The summed E-state index contributed by atoms with van der Waals surface area (Å²) in [6.07, 6.45) is 5.17. The zero-order chi connectivity index (χ0) is 11.4. The molecule has 0 bridgehead atoms. The highest BCUT2D eigenvalue weighted by molar-refractivity contribution is 5.60. The molecular weight excluding hydrogens is 196 g/mol. The monoisotopic (exact) mass is 213 g/mol. The van der Waals surface area contributed by atoms with E-state index in [0.717, 1.165) is 23.6 Å². The molecule has 0 spiro atoms. The van der Waals surface area contributed by atoms with Crippen LogP contribution in [-0.4, -0.2) is 9.78 Å². The van der Waals surface area contributed by atoms with Crippen molar-refractivity contribution in [1.82, 2.24) is 9.78 Å². The van der Waals surface area contributed by atoms with Gasteiger partial charge < -0.3 is 0 Å². The Kier molecular flexibility index (Phi) is 3.40. The molecule has 0 saturated carbocycles. The summed E-state index contributed by atoms with van der Waals surface area (Å²) in [5.41, 5.74) is 2.25. The lowest BCUT2D eigenvalue weighted by Crippen LogP contribution is -2.01. The number of nitrogens with zero attached hydrogens (tertiary/aromatic N) is 2. The summed E-state index contributed by atoms with van der Waals surface area (Å²) in [5, 5.41) is 4.36. The molecule has 1 aromatic carbocycles. The molecule has 1 aromatic heterocycles. The van der Waals surface area contributed by atoms with E-state index >= 15 is 0 Å². The first kappa shape index (κ1) is 10.9. The Morgan fingerprint density at radius 3 is 2.94 bits per heavy atom. The molecule has 0 saturated heterocycles. The van der Waals surface area contributed by atoms with Gasteiger partial charge in [0.05, 0.1) is 6.20 Å². The number of aryl methyl sites for hydroxylation is 1. The van der Waals surface area contributed by atoms with Gasteiger partial charge in [0.1, 0.15) is 0 Å². The number of hydrogen-bond donors (Lipinski definition) is 0. The van der Waals surface area contributed by atoms with Crippen molar-refractivity contribution in [3.8, 4) is 11.1 Å². The lowest BCUT2D eigenvalue weighted by Gasteiger charge is -2.03. The van der Waals surface area contributed by atoms with Crippen molar-refractivity contribution in [2.45, 2.75) is 26.8 Å². The number of benzene rings is 1. The highest BCUT2D eigenvalue weighted by Gasteiger charge is 2.01. The minimum Gasteiger partial charge on any atom is -0.272 e. The Hall–Kier alpha value is -1.57. The largest absolute Gasteiger partial charge is 0.272 e. The lowest BCUT2D eigenvalue weighted by molar-refractivity contribution is 0.487. The Balaban J connectivity index is 2.08. The number of hydrogen-bond acceptors (Lipinski definition) is 1. The number of rotatable bonds is 4. The van der Waals surface area contributed by atoms with E-state index in [4.69, 9.17) is 0 Å². The van der Waals surface area contributed by atoms with Gasteiger partial charge in [-0.2, -0.15) is 5.10 Å². The minimum atomic E-state index is 0.718. The van der Waals surface area contributed by atoms with E-state index in [2.05, 4.69) is 37.3 Å². The first-order valence-electron chi connectivity index (χ1n) is 5.75. The average Bonchev–Trinajstić information content (AvgIpc) is 2.76. The van der Waals surface area contributed by atoms with E-state index in [-0.39, 0.29) is 0 Å². The van der Waals surface area contributed by atoms with Crippen LogP contribution < -0.4 is 0 Å². The van der Waals surface area contributed by atoms with Gasteiger partial charge in [-0.1, -0.05) is 38.1 Å². The molecule has 0 aliphatic carbocycles. The van der Waals surface area contributed by atoms with Crippen LogP contribution in [0.4, 0.5) is 0 Å². The summed E-state index contributed by atoms with van der Waals surface area (Å²) in [6.45, 7) is 5.45. The zero-order valence-corrected chi connectivity index (χ0v) is 9.85. The fourth-order valence-electron chi connectivity index (χ4n) is 1.59. The van der Waals surface area contributed by atoms with Crippen LogP contribution in [0.3, 0.4) is 0 Å². The van der Waals surface area contributed by atoms with Crippen molar-refractivity contribution in [3.63, 3.8) is 0 Å². The SMILES string of the molecule is CC(C)CCn1cc(-c2[c]cccc2)cn1. The van der Waals surface area contributed by atoms with E-state index in [1.807, 2.05) is 29.1 Å².